The molecule has 0 saturated carbocycles. The molecule has 1 aliphatic rings. The summed E-state index contributed by atoms with van der Waals surface area (Å²) in [5, 5.41) is 3.37. The van der Waals surface area contributed by atoms with E-state index in [1.54, 1.807) is 0 Å². The van der Waals surface area contributed by atoms with Crippen LogP contribution in [0, 0.1) is 0 Å². The Kier molecular flexibility index (Phi) is 8.49. The van der Waals surface area contributed by atoms with E-state index in [1.165, 1.54) is 0 Å². The van der Waals surface area contributed by atoms with Crippen molar-refractivity contribution in [1.82, 2.24) is 15.1 Å². The molecule has 18 heavy (non-hydrogen) atoms. The van der Waals surface area contributed by atoms with Gasteiger partial charge in [-0.05, 0) is 13.0 Å². The van der Waals surface area contributed by atoms with Crippen molar-refractivity contribution in [3.8, 4) is 0 Å². The lowest BCUT2D eigenvalue weighted by Crippen LogP contribution is -2.48. The molecule has 1 saturated heterocycles. The minimum atomic E-state index is 0.171. The highest BCUT2D eigenvalue weighted by atomic mass is 15.2. The maximum atomic E-state index is 6.04. The molecule has 1 aliphatic heterocycles. The fourth-order valence-corrected chi connectivity index (χ4v) is 2.33. The van der Waals surface area contributed by atoms with E-state index in [2.05, 4.69) is 15.1 Å². The summed E-state index contributed by atoms with van der Waals surface area (Å²) in [5.41, 5.74) is 17.2. The minimum absolute atomic E-state index is 0.171. The molecule has 108 valence electrons. The quantitative estimate of drug-likeness (QED) is 0.376. The zero-order chi connectivity index (χ0) is 13.2. The molecule has 1 heterocycles. The van der Waals surface area contributed by atoms with E-state index in [9.17, 15) is 0 Å². The van der Waals surface area contributed by atoms with Crippen molar-refractivity contribution in [1.29, 1.82) is 0 Å². The number of hydrogen-bond acceptors (Lipinski definition) is 6. The number of piperazine rings is 1. The SMILES string of the molecule is NCCC(N)CN(CCN)CCN1CCNCC1. The van der Waals surface area contributed by atoms with Crippen molar-refractivity contribution < 1.29 is 0 Å². The molecule has 7 N–H and O–H groups in total. The Balaban J connectivity index is 2.23. The summed E-state index contributed by atoms with van der Waals surface area (Å²) < 4.78 is 0. The van der Waals surface area contributed by atoms with Crippen LogP contribution in [-0.4, -0.2) is 81.3 Å². The molecule has 0 aromatic rings. The van der Waals surface area contributed by atoms with E-state index >= 15 is 0 Å². The van der Waals surface area contributed by atoms with E-state index < -0.39 is 0 Å². The molecule has 0 spiro atoms. The van der Waals surface area contributed by atoms with E-state index in [0.29, 0.717) is 13.1 Å². The molecular weight excluding hydrogens is 228 g/mol. The Morgan fingerprint density at radius 3 is 2.44 bits per heavy atom. The van der Waals surface area contributed by atoms with Gasteiger partial charge in [0.25, 0.3) is 0 Å². The first kappa shape index (κ1) is 15.8. The molecule has 1 atom stereocenters. The molecule has 1 rings (SSSR count). The molecule has 0 aromatic heterocycles. The molecule has 0 bridgehead atoms. The predicted molar refractivity (Wildman–Crippen MR) is 76.5 cm³/mol. The van der Waals surface area contributed by atoms with Gasteiger partial charge in [-0.25, -0.2) is 0 Å². The van der Waals surface area contributed by atoms with E-state index in [-0.39, 0.29) is 6.04 Å². The second kappa shape index (κ2) is 9.66. The molecule has 0 radical (unpaired) electrons. The van der Waals surface area contributed by atoms with Crippen LogP contribution in [-0.2, 0) is 0 Å². The van der Waals surface area contributed by atoms with Crippen LogP contribution in [0.25, 0.3) is 0 Å². The van der Waals surface area contributed by atoms with Gasteiger partial charge in [0.1, 0.15) is 0 Å². The van der Waals surface area contributed by atoms with Crippen molar-refractivity contribution in [3.05, 3.63) is 0 Å². The van der Waals surface area contributed by atoms with Gasteiger partial charge in [-0.15, -0.1) is 0 Å². The summed E-state index contributed by atoms with van der Waals surface area (Å²) in [6.45, 7) is 9.83. The molecule has 6 heteroatoms. The first-order valence-electron chi connectivity index (χ1n) is 7.07. The fraction of sp³-hybridized carbons (Fsp3) is 1.00. The van der Waals surface area contributed by atoms with Crippen LogP contribution in [0.2, 0.25) is 0 Å². The van der Waals surface area contributed by atoms with Gasteiger partial charge >= 0.3 is 0 Å². The van der Waals surface area contributed by atoms with E-state index in [1.807, 2.05) is 0 Å². The van der Waals surface area contributed by atoms with E-state index in [4.69, 9.17) is 17.2 Å². The van der Waals surface area contributed by atoms with Gasteiger partial charge in [-0.2, -0.15) is 0 Å². The highest BCUT2D eigenvalue weighted by Gasteiger charge is 2.13. The van der Waals surface area contributed by atoms with Crippen LogP contribution in [0.4, 0.5) is 0 Å². The summed E-state index contributed by atoms with van der Waals surface area (Å²) in [6.07, 6.45) is 0.884. The number of nitrogens with two attached hydrogens (primary N) is 3. The Morgan fingerprint density at radius 2 is 1.83 bits per heavy atom. The predicted octanol–water partition coefficient (Wildman–Crippen LogP) is -2.17. The summed E-state index contributed by atoms with van der Waals surface area (Å²) >= 11 is 0. The topological polar surface area (TPSA) is 96.6 Å². The maximum absolute atomic E-state index is 6.04. The lowest BCUT2D eigenvalue weighted by atomic mass is 10.2. The lowest BCUT2D eigenvalue weighted by Gasteiger charge is -2.31. The average Bonchev–Trinajstić information content (AvgIpc) is 2.38. The normalized spacial score (nSPS) is 19.3. The average molecular weight is 258 g/mol. The van der Waals surface area contributed by atoms with Crippen LogP contribution in [0.3, 0.4) is 0 Å². The van der Waals surface area contributed by atoms with E-state index in [0.717, 1.165) is 58.8 Å². The zero-order valence-corrected chi connectivity index (χ0v) is 11.5. The second-order valence-corrected chi connectivity index (χ2v) is 5.02. The highest BCUT2D eigenvalue weighted by Crippen LogP contribution is 1.97. The first-order valence-corrected chi connectivity index (χ1v) is 7.07. The van der Waals surface area contributed by atoms with Crippen LogP contribution in [0.1, 0.15) is 6.42 Å². The molecule has 0 amide bonds. The van der Waals surface area contributed by atoms with Gasteiger partial charge in [-0.1, -0.05) is 0 Å². The number of rotatable bonds is 9. The lowest BCUT2D eigenvalue weighted by molar-refractivity contribution is 0.184. The largest absolute Gasteiger partial charge is 0.330 e. The Labute approximate surface area is 111 Å². The summed E-state index contributed by atoms with van der Waals surface area (Å²) in [6, 6.07) is 0.171. The second-order valence-electron chi connectivity index (χ2n) is 5.02. The van der Waals surface area contributed by atoms with Crippen molar-refractivity contribution >= 4 is 0 Å². The molecular formula is C12H30N6. The molecule has 1 unspecified atom stereocenters. The smallest absolute Gasteiger partial charge is 0.0179 e. The van der Waals surface area contributed by atoms with Crippen LogP contribution >= 0.6 is 0 Å². The fourth-order valence-electron chi connectivity index (χ4n) is 2.33. The van der Waals surface area contributed by atoms with Crippen molar-refractivity contribution in [2.75, 3.05) is 65.4 Å². The Morgan fingerprint density at radius 1 is 1.11 bits per heavy atom. The molecule has 1 fully saturated rings. The van der Waals surface area contributed by atoms with Crippen molar-refractivity contribution in [2.45, 2.75) is 12.5 Å². The third kappa shape index (κ3) is 6.63. The van der Waals surface area contributed by atoms with Gasteiger partial charge in [0.2, 0.25) is 0 Å². The zero-order valence-electron chi connectivity index (χ0n) is 11.5. The van der Waals surface area contributed by atoms with Gasteiger partial charge in [0, 0.05) is 64.9 Å². The van der Waals surface area contributed by atoms with Gasteiger partial charge in [0.15, 0.2) is 0 Å². The summed E-state index contributed by atoms with van der Waals surface area (Å²) in [4.78, 5) is 4.86. The number of nitrogens with one attached hydrogen (secondary N) is 1. The van der Waals surface area contributed by atoms with Gasteiger partial charge in [0.05, 0.1) is 0 Å². The van der Waals surface area contributed by atoms with Gasteiger partial charge < -0.3 is 22.5 Å². The summed E-state index contributed by atoms with van der Waals surface area (Å²) in [5.74, 6) is 0. The molecule has 0 aliphatic carbocycles. The van der Waals surface area contributed by atoms with Crippen molar-refractivity contribution in [3.63, 3.8) is 0 Å². The Bertz CT molecular complexity index is 195. The molecule has 6 nitrogen and oxygen atoms in total. The van der Waals surface area contributed by atoms with Crippen LogP contribution in [0.5, 0.6) is 0 Å². The van der Waals surface area contributed by atoms with Crippen LogP contribution < -0.4 is 22.5 Å². The molecule has 0 aromatic carbocycles. The third-order valence-corrected chi connectivity index (χ3v) is 3.42. The third-order valence-electron chi connectivity index (χ3n) is 3.42. The van der Waals surface area contributed by atoms with Crippen molar-refractivity contribution in [2.24, 2.45) is 17.2 Å². The maximum Gasteiger partial charge on any atom is 0.0179 e. The Hall–Kier alpha value is -0.240. The minimum Gasteiger partial charge on any atom is -0.330 e. The highest BCUT2D eigenvalue weighted by molar-refractivity contribution is 4.73. The monoisotopic (exact) mass is 258 g/mol. The number of nitrogens with zero attached hydrogens (tertiary/aromatic N) is 2. The van der Waals surface area contributed by atoms with Gasteiger partial charge in [-0.3, -0.25) is 9.80 Å². The summed E-state index contributed by atoms with van der Waals surface area (Å²) in [7, 11) is 0. The first-order chi connectivity index (χ1) is 8.76. The number of hydrogen-bond donors (Lipinski definition) is 4. The standard InChI is InChI=1S/C12H30N6/c13-2-1-12(15)11-18(6-3-14)10-9-17-7-4-16-5-8-17/h12,16H,1-11,13-15H2. The van der Waals surface area contributed by atoms with Crippen LogP contribution in [0.15, 0.2) is 0 Å².